The number of hydroxylamine groups is 2. The van der Waals surface area contributed by atoms with E-state index in [0.29, 0.717) is 36.6 Å². The summed E-state index contributed by atoms with van der Waals surface area (Å²) in [6, 6.07) is 4.64. The number of aliphatic hydroxyl groups is 1. The lowest BCUT2D eigenvalue weighted by molar-refractivity contribution is -0.385. The van der Waals surface area contributed by atoms with Gasteiger partial charge in [-0.25, -0.2) is 4.79 Å². The molecular weight excluding hydrogens is 358 g/mol. The maximum absolute atomic E-state index is 11.6. The number of carbonyl (C=O) groups is 3. The Morgan fingerprint density at radius 3 is 2.59 bits per heavy atom. The minimum atomic E-state index is -0.631. The number of nitrogens with zero attached hydrogens (tertiary/aromatic N) is 2. The van der Waals surface area contributed by atoms with Crippen LogP contribution < -0.4 is 5.32 Å². The lowest BCUT2D eigenvalue weighted by atomic mass is 10.1. The second-order valence-corrected chi connectivity index (χ2v) is 6.06. The summed E-state index contributed by atoms with van der Waals surface area (Å²) in [5, 5.41) is 23.7. The number of nitro benzene ring substituents is 1. The van der Waals surface area contributed by atoms with Gasteiger partial charge in [0.25, 0.3) is 17.5 Å². The van der Waals surface area contributed by atoms with E-state index in [1.165, 1.54) is 12.1 Å². The first kappa shape index (κ1) is 20.5. The van der Waals surface area contributed by atoms with Gasteiger partial charge < -0.3 is 15.3 Å². The fraction of sp³-hybridized carbons (Fsp3) is 0.471. The number of unbranched alkanes of at least 4 members (excludes halogenated alkanes) is 1. The Morgan fingerprint density at radius 1 is 1.26 bits per heavy atom. The highest BCUT2D eigenvalue weighted by Gasteiger charge is 2.32. The lowest BCUT2D eigenvalue weighted by Crippen LogP contribution is -2.32. The Bertz CT molecular complexity index is 719. The molecule has 1 heterocycles. The normalized spacial score (nSPS) is 13.9. The van der Waals surface area contributed by atoms with Crippen LogP contribution in [0.3, 0.4) is 0 Å². The van der Waals surface area contributed by atoms with Crippen molar-refractivity contribution in [2.75, 3.05) is 6.54 Å². The van der Waals surface area contributed by atoms with Crippen LogP contribution in [0.1, 0.15) is 43.2 Å². The van der Waals surface area contributed by atoms with Crippen LogP contribution in [0.15, 0.2) is 18.2 Å². The molecule has 0 aromatic heterocycles. The van der Waals surface area contributed by atoms with E-state index < -0.39 is 29.3 Å². The highest BCUT2D eigenvalue weighted by Crippen LogP contribution is 2.20. The van der Waals surface area contributed by atoms with Crippen molar-refractivity contribution in [3.63, 3.8) is 0 Å². The van der Waals surface area contributed by atoms with Crippen LogP contribution in [0.5, 0.6) is 0 Å². The van der Waals surface area contributed by atoms with Crippen LogP contribution in [0.2, 0.25) is 0 Å². The van der Waals surface area contributed by atoms with Gasteiger partial charge in [-0.3, -0.25) is 19.7 Å². The molecule has 2 N–H and O–H groups in total. The van der Waals surface area contributed by atoms with Crippen LogP contribution in [-0.2, 0) is 32.4 Å². The molecule has 1 fully saturated rings. The van der Waals surface area contributed by atoms with Crippen LogP contribution in [0.4, 0.5) is 5.69 Å². The molecule has 0 radical (unpaired) electrons. The van der Waals surface area contributed by atoms with Crippen LogP contribution >= 0.6 is 0 Å². The number of carbonyl (C=O) groups excluding carboxylic acids is 3. The number of amides is 2. The van der Waals surface area contributed by atoms with Gasteiger partial charge in [-0.2, -0.15) is 0 Å². The first-order chi connectivity index (χ1) is 12.9. The van der Waals surface area contributed by atoms with Crippen molar-refractivity contribution in [2.24, 2.45) is 0 Å². The molecule has 1 aromatic rings. The zero-order chi connectivity index (χ0) is 19.8. The third-order valence-electron chi connectivity index (χ3n) is 4.03. The molecular formula is C17H21N3O7. The summed E-state index contributed by atoms with van der Waals surface area (Å²) in [7, 11) is 0. The molecule has 0 spiro atoms. The molecule has 0 unspecified atom stereocenters. The van der Waals surface area contributed by atoms with Crippen molar-refractivity contribution in [3.05, 3.63) is 39.4 Å². The summed E-state index contributed by atoms with van der Waals surface area (Å²) in [5.74, 6) is -1.64. The maximum atomic E-state index is 11.6. The number of nitro groups is 1. The maximum Gasteiger partial charge on any atom is 0.333 e. The predicted octanol–water partition coefficient (Wildman–Crippen LogP) is 0.954. The van der Waals surface area contributed by atoms with Crippen molar-refractivity contribution >= 4 is 23.5 Å². The van der Waals surface area contributed by atoms with Crippen LogP contribution in [0.25, 0.3) is 0 Å². The van der Waals surface area contributed by atoms with Gasteiger partial charge in [-0.05, 0) is 31.0 Å². The molecule has 1 aliphatic rings. The van der Waals surface area contributed by atoms with Gasteiger partial charge in [0.15, 0.2) is 0 Å². The fourth-order valence-electron chi connectivity index (χ4n) is 2.58. The number of imide groups is 1. The van der Waals surface area contributed by atoms with E-state index in [4.69, 9.17) is 9.94 Å². The van der Waals surface area contributed by atoms with Crippen LogP contribution in [-0.4, -0.2) is 39.4 Å². The average Bonchev–Trinajstić information content (AvgIpc) is 2.96. The molecule has 0 bridgehead atoms. The lowest BCUT2D eigenvalue weighted by Gasteiger charge is -2.12. The Balaban J connectivity index is 1.65. The quantitative estimate of drug-likeness (QED) is 0.265. The Kier molecular flexibility index (Phi) is 7.38. The summed E-state index contributed by atoms with van der Waals surface area (Å²) in [6.07, 6.45) is 1.36. The standard InChI is InChI=1S/C17H21N3O7/c21-11-13-5-4-12(9-14(13)20(25)26)10-18-8-2-1-3-17(24)27-19-15(22)6-7-16(19)23/h4-5,9,18,21H,1-3,6-8,10-11H2. The highest BCUT2D eigenvalue weighted by molar-refractivity contribution is 6.01. The largest absolute Gasteiger partial charge is 0.391 e. The molecule has 1 saturated heterocycles. The second kappa shape index (κ2) is 9.74. The van der Waals surface area contributed by atoms with Crippen LogP contribution in [0, 0.1) is 10.1 Å². The SMILES string of the molecule is O=C(CCCCNCc1ccc(CO)c([N+](=O)[O-])c1)ON1C(=O)CCC1=O. The molecule has 146 valence electrons. The van der Waals surface area contributed by atoms with Gasteiger partial charge in [0.1, 0.15) is 0 Å². The van der Waals surface area contributed by atoms with Gasteiger partial charge in [0.2, 0.25) is 0 Å². The van der Waals surface area contributed by atoms with E-state index in [1.54, 1.807) is 6.07 Å². The first-order valence-corrected chi connectivity index (χ1v) is 8.56. The predicted molar refractivity (Wildman–Crippen MR) is 91.8 cm³/mol. The molecule has 0 aliphatic carbocycles. The number of hydrogen-bond donors (Lipinski definition) is 2. The summed E-state index contributed by atoms with van der Waals surface area (Å²) in [4.78, 5) is 49.5. The summed E-state index contributed by atoms with van der Waals surface area (Å²) in [5.41, 5.74) is 0.854. The van der Waals surface area contributed by atoms with Gasteiger partial charge in [-0.1, -0.05) is 6.07 Å². The third-order valence-corrected chi connectivity index (χ3v) is 4.03. The fourth-order valence-corrected chi connectivity index (χ4v) is 2.58. The molecule has 10 heteroatoms. The van der Waals surface area contributed by atoms with Gasteiger partial charge in [-0.15, -0.1) is 5.06 Å². The molecule has 0 saturated carbocycles. The molecule has 0 atom stereocenters. The van der Waals surface area contributed by atoms with Gasteiger partial charge in [0, 0.05) is 31.9 Å². The topological polar surface area (TPSA) is 139 Å². The van der Waals surface area contributed by atoms with E-state index in [9.17, 15) is 24.5 Å². The smallest absolute Gasteiger partial charge is 0.333 e. The van der Waals surface area contributed by atoms with Crippen molar-refractivity contribution in [3.8, 4) is 0 Å². The molecule has 2 amide bonds. The molecule has 1 aromatic carbocycles. The summed E-state index contributed by atoms with van der Waals surface area (Å²) < 4.78 is 0. The summed E-state index contributed by atoms with van der Waals surface area (Å²) >= 11 is 0. The monoisotopic (exact) mass is 379 g/mol. The van der Waals surface area contributed by atoms with Gasteiger partial charge in [0.05, 0.1) is 17.1 Å². The van der Waals surface area contributed by atoms with E-state index in [0.717, 1.165) is 0 Å². The van der Waals surface area contributed by atoms with Gasteiger partial charge >= 0.3 is 5.97 Å². The van der Waals surface area contributed by atoms with E-state index >= 15 is 0 Å². The number of nitrogens with one attached hydrogen (secondary N) is 1. The minimum Gasteiger partial charge on any atom is -0.391 e. The third kappa shape index (κ3) is 5.83. The zero-order valence-corrected chi connectivity index (χ0v) is 14.7. The Labute approximate surface area is 155 Å². The zero-order valence-electron chi connectivity index (χ0n) is 14.7. The first-order valence-electron chi connectivity index (χ1n) is 8.56. The number of hydrogen-bond acceptors (Lipinski definition) is 8. The van der Waals surface area contributed by atoms with Crippen molar-refractivity contribution in [1.29, 1.82) is 0 Å². The minimum absolute atomic E-state index is 0.0630. The Morgan fingerprint density at radius 2 is 1.96 bits per heavy atom. The van der Waals surface area contributed by atoms with Crippen molar-refractivity contribution in [2.45, 2.75) is 45.3 Å². The molecule has 27 heavy (non-hydrogen) atoms. The van der Waals surface area contributed by atoms with Crippen molar-refractivity contribution in [1.82, 2.24) is 10.4 Å². The average molecular weight is 379 g/mol. The van der Waals surface area contributed by atoms with E-state index in [1.807, 2.05) is 0 Å². The highest BCUT2D eigenvalue weighted by atomic mass is 16.7. The molecule has 1 aliphatic heterocycles. The van der Waals surface area contributed by atoms with E-state index in [2.05, 4.69) is 5.32 Å². The number of aliphatic hydroxyl groups excluding tert-OH is 1. The molecule has 10 nitrogen and oxygen atoms in total. The Hall–Kier alpha value is -2.85. The number of rotatable bonds is 10. The van der Waals surface area contributed by atoms with E-state index in [-0.39, 0.29) is 30.5 Å². The molecule has 2 rings (SSSR count). The van der Waals surface area contributed by atoms with Crippen molar-refractivity contribution < 1.29 is 29.3 Å². The number of benzene rings is 1. The second-order valence-electron chi connectivity index (χ2n) is 6.06. The summed E-state index contributed by atoms with van der Waals surface area (Å²) in [6.45, 7) is 0.590.